The molecule has 1 heterocycles. The lowest BCUT2D eigenvalue weighted by molar-refractivity contribution is 0.250. The molecule has 0 aliphatic heterocycles. The maximum absolute atomic E-state index is 12.0. The van der Waals surface area contributed by atoms with E-state index in [0.29, 0.717) is 23.9 Å². The van der Waals surface area contributed by atoms with Gasteiger partial charge in [-0.1, -0.05) is 12.1 Å². The fourth-order valence-electron chi connectivity index (χ4n) is 4.29. The van der Waals surface area contributed by atoms with Crippen molar-refractivity contribution in [1.82, 2.24) is 14.8 Å². The van der Waals surface area contributed by atoms with Gasteiger partial charge >= 0.3 is 6.03 Å². The highest BCUT2D eigenvalue weighted by molar-refractivity contribution is 5.96. The molecule has 3 aromatic rings. The molecule has 0 spiro atoms. The number of hydrogen-bond acceptors (Lipinski definition) is 4. The van der Waals surface area contributed by atoms with Gasteiger partial charge in [0.2, 0.25) is 0 Å². The molecule has 2 aromatic carbocycles. The predicted octanol–water partition coefficient (Wildman–Crippen LogP) is 5.38. The molecular formula is C27H33N5O2. The van der Waals surface area contributed by atoms with Gasteiger partial charge in [-0.3, -0.25) is 0 Å². The average Bonchev–Trinajstić information content (AvgIpc) is 3.05. The van der Waals surface area contributed by atoms with E-state index in [0.717, 1.165) is 47.3 Å². The normalized spacial score (nSPS) is 13.7. The molecule has 1 aliphatic carbocycles. The molecule has 0 bridgehead atoms. The Bertz CT molecular complexity index is 1200. The molecule has 1 aromatic heterocycles. The van der Waals surface area contributed by atoms with Gasteiger partial charge < -0.3 is 24.8 Å². The zero-order valence-electron chi connectivity index (χ0n) is 20.4. The lowest BCUT2D eigenvalue weighted by atomic mass is 9.92. The van der Waals surface area contributed by atoms with Gasteiger partial charge in [-0.15, -0.1) is 0 Å². The molecule has 0 radical (unpaired) electrons. The van der Waals surface area contributed by atoms with Crippen molar-refractivity contribution < 1.29 is 9.53 Å². The number of hydrogen-bond donors (Lipinski definition) is 2. The number of benzene rings is 2. The summed E-state index contributed by atoms with van der Waals surface area (Å²) < 4.78 is 8.32. The summed E-state index contributed by atoms with van der Waals surface area (Å²) in [7, 11) is 4.05. The number of nitrogens with zero attached hydrogens (tertiary/aromatic N) is 3. The maximum Gasteiger partial charge on any atom is 0.319 e. The minimum Gasteiger partial charge on any atom is -0.492 e. The van der Waals surface area contributed by atoms with Crippen LogP contribution in [0.5, 0.6) is 5.75 Å². The van der Waals surface area contributed by atoms with Crippen LogP contribution in [-0.2, 0) is 0 Å². The highest BCUT2D eigenvalue weighted by Crippen LogP contribution is 2.43. The Hall–Kier alpha value is -3.50. The third-order valence-electron chi connectivity index (χ3n) is 6.17. The van der Waals surface area contributed by atoms with Crippen molar-refractivity contribution in [1.29, 1.82) is 5.26 Å². The van der Waals surface area contributed by atoms with Crippen LogP contribution in [0.25, 0.3) is 22.2 Å². The second-order valence-electron chi connectivity index (χ2n) is 9.45. The van der Waals surface area contributed by atoms with Crippen molar-refractivity contribution in [2.24, 2.45) is 0 Å². The molecule has 34 heavy (non-hydrogen) atoms. The van der Waals surface area contributed by atoms with Crippen LogP contribution in [0, 0.1) is 11.3 Å². The van der Waals surface area contributed by atoms with Crippen LogP contribution in [0.3, 0.4) is 0 Å². The molecule has 2 N–H and O–H groups in total. The third-order valence-corrected chi connectivity index (χ3v) is 6.17. The number of amides is 2. The summed E-state index contributed by atoms with van der Waals surface area (Å²) in [5, 5.41) is 16.8. The summed E-state index contributed by atoms with van der Waals surface area (Å²) in [5.74, 6) is 0.819. The summed E-state index contributed by atoms with van der Waals surface area (Å²) in [6.45, 7) is 5.29. The lowest BCUT2D eigenvalue weighted by Crippen LogP contribution is -2.34. The average molecular weight is 460 g/mol. The van der Waals surface area contributed by atoms with Crippen molar-refractivity contribution >= 4 is 22.6 Å². The molecule has 178 valence electrons. The molecule has 2 amide bonds. The highest BCUT2D eigenvalue weighted by Gasteiger charge is 2.28. The molecule has 4 rings (SSSR count). The summed E-state index contributed by atoms with van der Waals surface area (Å²) in [6, 6.07) is 16.4. The zero-order valence-corrected chi connectivity index (χ0v) is 20.4. The zero-order chi connectivity index (χ0) is 24.2. The SMILES string of the molecule is CC(C)NC(=O)Nc1ccc(-c2c(C#N)c3ccc(OCCN(C)C)cc3n2C2CCC2)cc1. The van der Waals surface area contributed by atoms with Gasteiger partial charge in [0.25, 0.3) is 0 Å². The Morgan fingerprint density at radius 3 is 2.53 bits per heavy atom. The number of ether oxygens (including phenoxy) is 1. The first kappa shape index (κ1) is 23.7. The van der Waals surface area contributed by atoms with Crippen LogP contribution >= 0.6 is 0 Å². The maximum atomic E-state index is 12.0. The Morgan fingerprint density at radius 1 is 1.21 bits per heavy atom. The van der Waals surface area contributed by atoms with Crippen LogP contribution in [0.15, 0.2) is 42.5 Å². The van der Waals surface area contributed by atoms with Crippen molar-refractivity contribution in [3.8, 4) is 23.1 Å². The first-order valence-electron chi connectivity index (χ1n) is 11.9. The van der Waals surface area contributed by atoms with E-state index in [1.54, 1.807) is 0 Å². The van der Waals surface area contributed by atoms with Crippen molar-refractivity contribution in [2.75, 3.05) is 32.6 Å². The predicted molar refractivity (Wildman–Crippen MR) is 136 cm³/mol. The molecule has 7 heteroatoms. The van der Waals surface area contributed by atoms with Gasteiger partial charge in [-0.25, -0.2) is 4.79 Å². The van der Waals surface area contributed by atoms with E-state index in [1.165, 1.54) is 6.42 Å². The van der Waals surface area contributed by atoms with E-state index >= 15 is 0 Å². The largest absolute Gasteiger partial charge is 0.492 e. The minimum atomic E-state index is -0.231. The van der Waals surface area contributed by atoms with Crippen molar-refractivity contribution in [2.45, 2.75) is 45.2 Å². The molecular weight excluding hydrogens is 426 g/mol. The first-order chi connectivity index (χ1) is 16.4. The van der Waals surface area contributed by atoms with E-state index in [9.17, 15) is 10.1 Å². The summed E-state index contributed by atoms with van der Waals surface area (Å²) in [5.41, 5.74) is 4.33. The molecule has 1 fully saturated rings. The van der Waals surface area contributed by atoms with Crippen LogP contribution in [0.4, 0.5) is 10.5 Å². The molecule has 0 atom stereocenters. The number of anilines is 1. The summed E-state index contributed by atoms with van der Waals surface area (Å²) in [6.07, 6.45) is 3.39. The Kier molecular flexibility index (Phi) is 7.09. The van der Waals surface area contributed by atoms with E-state index < -0.39 is 0 Å². The number of likely N-dealkylation sites (N-methyl/N-ethyl adjacent to an activating group) is 1. The third kappa shape index (κ3) is 5.02. The van der Waals surface area contributed by atoms with Gasteiger partial charge in [0, 0.05) is 35.8 Å². The number of rotatable bonds is 8. The van der Waals surface area contributed by atoms with Crippen LogP contribution in [-0.4, -0.2) is 48.8 Å². The van der Waals surface area contributed by atoms with E-state index in [2.05, 4.69) is 32.2 Å². The Morgan fingerprint density at radius 2 is 1.94 bits per heavy atom. The van der Waals surface area contributed by atoms with E-state index in [-0.39, 0.29) is 12.1 Å². The van der Waals surface area contributed by atoms with Gasteiger partial charge in [0.1, 0.15) is 18.4 Å². The topological polar surface area (TPSA) is 82.3 Å². The van der Waals surface area contributed by atoms with Crippen molar-refractivity contribution in [3.63, 3.8) is 0 Å². The lowest BCUT2D eigenvalue weighted by Gasteiger charge is -2.30. The minimum absolute atomic E-state index is 0.0624. The van der Waals surface area contributed by atoms with E-state index in [1.807, 2.05) is 64.3 Å². The monoisotopic (exact) mass is 459 g/mol. The second-order valence-corrected chi connectivity index (χ2v) is 9.45. The Labute approximate surface area is 201 Å². The standard InChI is InChI=1S/C27H33N5O2/c1-18(2)29-27(33)30-20-10-8-19(9-11-20)26-24(17-28)23-13-12-22(34-15-14-31(3)4)16-25(23)32(26)21-6-5-7-21/h8-13,16,18,21H,5-7,14-15H2,1-4H3,(H2,29,30,33). The van der Waals surface area contributed by atoms with E-state index in [4.69, 9.17) is 4.74 Å². The number of fused-ring (bicyclic) bond motifs is 1. The van der Waals surface area contributed by atoms with Gasteiger partial charge in [0.05, 0.1) is 16.8 Å². The summed E-state index contributed by atoms with van der Waals surface area (Å²) in [4.78, 5) is 14.1. The van der Waals surface area contributed by atoms with Gasteiger partial charge in [-0.2, -0.15) is 5.26 Å². The molecule has 0 unspecified atom stereocenters. The van der Waals surface area contributed by atoms with Gasteiger partial charge in [-0.05, 0) is 77.0 Å². The van der Waals surface area contributed by atoms with Crippen LogP contribution in [0.1, 0.15) is 44.7 Å². The highest BCUT2D eigenvalue weighted by atomic mass is 16.5. The number of carbonyl (C=O) groups excluding carboxylic acids is 1. The summed E-state index contributed by atoms with van der Waals surface area (Å²) >= 11 is 0. The number of carbonyl (C=O) groups is 1. The molecule has 1 saturated carbocycles. The fourth-order valence-corrected chi connectivity index (χ4v) is 4.29. The number of urea groups is 1. The van der Waals surface area contributed by atoms with Crippen molar-refractivity contribution in [3.05, 3.63) is 48.0 Å². The van der Waals surface area contributed by atoms with Crippen LogP contribution in [0.2, 0.25) is 0 Å². The number of nitrogens with one attached hydrogen (secondary N) is 2. The van der Waals surface area contributed by atoms with Crippen LogP contribution < -0.4 is 15.4 Å². The molecule has 0 saturated heterocycles. The molecule has 7 nitrogen and oxygen atoms in total. The first-order valence-corrected chi connectivity index (χ1v) is 11.9. The van der Waals surface area contributed by atoms with Gasteiger partial charge in [0.15, 0.2) is 0 Å². The second kappa shape index (κ2) is 10.2. The Balaban J connectivity index is 1.71. The molecule has 1 aliphatic rings. The number of aromatic nitrogens is 1. The smallest absolute Gasteiger partial charge is 0.319 e. The quantitative estimate of drug-likeness (QED) is 0.474. The fraction of sp³-hybridized carbons (Fsp3) is 0.407. The number of nitriles is 1.